The number of fused-ring (bicyclic) bond motifs is 1. The summed E-state index contributed by atoms with van der Waals surface area (Å²) >= 11 is 3.46. The van der Waals surface area contributed by atoms with E-state index in [0.29, 0.717) is 12.5 Å². The number of imidazole rings is 1. The molecule has 2 aromatic heterocycles. The summed E-state index contributed by atoms with van der Waals surface area (Å²) in [6.07, 6.45) is 2.03. The molecule has 4 heteroatoms. The molecule has 0 saturated carbocycles. The second-order valence-electron chi connectivity index (χ2n) is 3.88. The molecular formula is C11H14BrN3. The average Bonchev–Trinajstić information content (AvgIpc) is 2.55. The molecule has 0 amide bonds. The van der Waals surface area contributed by atoms with Gasteiger partial charge in [0.1, 0.15) is 5.82 Å². The van der Waals surface area contributed by atoms with Gasteiger partial charge in [-0.25, -0.2) is 4.98 Å². The number of nitrogens with two attached hydrogens (primary N) is 1. The van der Waals surface area contributed by atoms with Crippen molar-refractivity contribution >= 4 is 21.4 Å². The number of pyridine rings is 1. The van der Waals surface area contributed by atoms with Crippen molar-refractivity contribution in [2.24, 2.45) is 5.73 Å². The highest BCUT2D eigenvalue weighted by Crippen LogP contribution is 2.22. The number of rotatable bonds is 2. The van der Waals surface area contributed by atoms with Crippen LogP contribution in [0.5, 0.6) is 0 Å². The van der Waals surface area contributed by atoms with Gasteiger partial charge in [-0.05, 0) is 12.1 Å². The minimum absolute atomic E-state index is 0.402. The van der Waals surface area contributed by atoms with E-state index in [1.54, 1.807) is 0 Å². The van der Waals surface area contributed by atoms with E-state index in [4.69, 9.17) is 5.73 Å². The Morgan fingerprint density at radius 3 is 2.87 bits per heavy atom. The van der Waals surface area contributed by atoms with Gasteiger partial charge < -0.3 is 10.1 Å². The van der Waals surface area contributed by atoms with E-state index in [9.17, 15) is 0 Å². The lowest BCUT2D eigenvalue weighted by Crippen LogP contribution is -1.97. The third-order valence-electron chi connectivity index (χ3n) is 2.42. The van der Waals surface area contributed by atoms with E-state index in [2.05, 4.69) is 45.2 Å². The van der Waals surface area contributed by atoms with Crippen molar-refractivity contribution in [3.05, 3.63) is 34.3 Å². The number of hydrogen-bond acceptors (Lipinski definition) is 2. The van der Waals surface area contributed by atoms with Crippen LogP contribution in [0.3, 0.4) is 0 Å². The third kappa shape index (κ3) is 1.79. The molecule has 0 aliphatic carbocycles. The summed E-state index contributed by atoms with van der Waals surface area (Å²) in [6.45, 7) is 4.75. The maximum absolute atomic E-state index is 5.69. The Morgan fingerprint density at radius 1 is 1.53 bits per heavy atom. The molecule has 2 aromatic rings. The number of nitrogens with zero attached hydrogens (tertiary/aromatic N) is 2. The van der Waals surface area contributed by atoms with Crippen LogP contribution in [0.25, 0.3) is 5.52 Å². The van der Waals surface area contributed by atoms with Gasteiger partial charge in [0.2, 0.25) is 0 Å². The molecule has 2 N–H and O–H groups in total. The van der Waals surface area contributed by atoms with Crippen LogP contribution in [-0.4, -0.2) is 9.38 Å². The smallest absolute Gasteiger partial charge is 0.116 e. The van der Waals surface area contributed by atoms with Gasteiger partial charge in [0.05, 0.1) is 11.2 Å². The largest absolute Gasteiger partial charge is 0.325 e. The first-order valence-corrected chi connectivity index (χ1v) is 5.79. The summed E-state index contributed by atoms with van der Waals surface area (Å²) in [5.74, 6) is 1.47. The number of halogens is 1. The first kappa shape index (κ1) is 10.6. The fourth-order valence-corrected chi connectivity index (χ4v) is 2.04. The summed E-state index contributed by atoms with van der Waals surface area (Å²) < 4.78 is 3.16. The average molecular weight is 268 g/mol. The Balaban J connectivity index is 2.75. The lowest BCUT2D eigenvalue weighted by Gasteiger charge is -2.03. The summed E-state index contributed by atoms with van der Waals surface area (Å²) in [6, 6.07) is 4.07. The molecule has 0 aliphatic heterocycles. The second-order valence-corrected chi connectivity index (χ2v) is 4.79. The fraction of sp³-hybridized carbons (Fsp3) is 0.364. The van der Waals surface area contributed by atoms with E-state index >= 15 is 0 Å². The molecule has 0 spiro atoms. The predicted molar refractivity (Wildman–Crippen MR) is 64.9 cm³/mol. The van der Waals surface area contributed by atoms with Gasteiger partial charge in [-0.3, -0.25) is 0 Å². The van der Waals surface area contributed by atoms with Gasteiger partial charge in [-0.2, -0.15) is 0 Å². The molecule has 0 aliphatic rings. The Morgan fingerprint density at radius 2 is 2.27 bits per heavy atom. The van der Waals surface area contributed by atoms with Gasteiger partial charge in [0.25, 0.3) is 0 Å². The zero-order valence-electron chi connectivity index (χ0n) is 8.87. The zero-order chi connectivity index (χ0) is 11.0. The Hall–Kier alpha value is -0.870. The van der Waals surface area contributed by atoms with Crippen molar-refractivity contribution in [1.82, 2.24) is 9.38 Å². The lowest BCUT2D eigenvalue weighted by atomic mass is 10.2. The molecule has 3 nitrogen and oxygen atoms in total. The molecule has 15 heavy (non-hydrogen) atoms. The van der Waals surface area contributed by atoms with Crippen molar-refractivity contribution in [3.63, 3.8) is 0 Å². The highest BCUT2D eigenvalue weighted by atomic mass is 79.9. The summed E-state index contributed by atoms with van der Waals surface area (Å²) in [7, 11) is 0. The van der Waals surface area contributed by atoms with E-state index < -0.39 is 0 Å². The summed E-state index contributed by atoms with van der Waals surface area (Å²) in [5.41, 5.74) is 7.74. The molecule has 2 rings (SSSR count). The van der Waals surface area contributed by atoms with Gasteiger partial charge in [-0.15, -0.1) is 0 Å². The van der Waals surface area contributed by atoms with Gasteiger partial charge in [-0.1, -0.05) is 29.8 Å². The van der Waals surface area contributed by atoms with Crippen molar-refractivity contribution in [1.29, 1.82) is 0 Å². The van der Waals surface area contributed by atoms with Gasteiger partial charge in [0.15, 0.2) is 0 Å². The normalized spacial score (nSPS) is 11.5. The molecule has 0 fully saturated rings. The van der Waals surface area contributed by atoms with Crippen LogP contribution in [0.4, 0.5) is 0 Å². The van der Waals surface area contributed by atoms with Crippen LogP contribution < -0.4 is 5.73 Å². The Kier molecular flexibility index (Phi) is 2.80. The SMILES string of the molecule is CC(C)c1nc(CN)c2cc(Br)ccn12. The molecule has 2 heterocycles. The predicted octanol–water partition coefficient (Wildman–Crippen LogP) is 2.68. The van der Waals surface area contributed by atoms with Crippen LogP contribution in [0, 0.1) is 0 Å². The minimum Gasteiger partial charge on any atom is -0.325 e. The maximum Gasteiger partial charge on any atom is 0.116 e. The van der Waals surface area contributed by atoms with Crippen molar-refractivity contribution < 1.29 is 0 Å². The molecule has 0 aromatic carbocycles. The fourth-order valence-electron chi connectivity index (χ4n) is 1.70. The molecule has 0 unspecified atom stereocenters. The quantitative estimate of drug-likeness (QED) is 0.909. The first-order chi connectivity index (χ1) is 7.13. The standard InChI is InChI=1S/C11H14BrN3/c1-7(2)11-14-9(6-13)10-5-8(12)3-4-15(10)11/h3-5,7H,6,13H2,1-2H3. The number of hydrogen-bond donors (Lipinski definition) is 1. The maximum atomic E-state index is 5.69. The molecule has 0 saturated heterocycles. The Labute approximate surface area is 97.4 Å². The van der Waals surface area contributed by atoms with E-state index in [1.807, 2.05) is 12.3 Å². The highest BCUT2D eigenvalue weighted by Gasteiger charge is 2.12. The van der Waals surface area contributed by atoms with Crippen LogP contribution >= 0.6 is 15.9 Å². The van der Waals surface area contributed by atoms with Crippen LogP contribution in [0.2, 0.25) is 0 Å². The topological polar surface area (TPSA) is 43.3 Å². The van der Waals surface area contributed by atoms with Crippen LogP contribution in [-0.2, 0) is 6.54 Å². The molecule has 0 atom stereocenters. The summed E-state index contributed by atoms with van der Waals surface area (Å²) in [5, 5.41) is 0. The highest BCUT2D eigenvalue weighted by molar-refractivity contribution is 9.10. The van der Waals surface area contributed by atoms with Gasteiger partial charge >= 0.3 is 0 Å². The van der Waals surface area contributed by atoms with E-state index in [1.165, 1.54) is 0 Å². The zero-order valence-corrected chi connectivity index (χ0v) is 10.5. The van der Waals surface area contributed by atoms with E-state index in [-0.39, 0.29) is 0 Å². The Bertz CT molecular complexity index is 488. The van der Waals surface area contributed by atoms with Crippen molar-refractivity contribution in [3.8, 4) is 0 Å². The third-order valence-corrected chi connectivity index (χ3v) is 2.91. The summed E-state index contributed by atoms with van der Waals surface area (Å²) in [4.78, 5) is 4.57. The first-order valence-electron chi connectivity index (χ1n) is 5.00. The molecule has 80 valence electrons. The van der Waals surface area contributed by atoms with Crippen molar-refractivity contribution in [2.75, 3.05) is 0 Å². The van der Waals surface area contributed by atoms with E-state index in [0.717, 1.165) is 21.5 Å². The van der Waals surface area contributed by atoms with Gasteiger partial charge in [0, 0.05) is 23.1 Å². The molecular weight excluding hydrogens is 254 g/mol. The second kappa shape index (κ2) is 3.94. The lowest BCUT2D eigenvalue weighted by molar-refractivity contribution is 0.765. The van der Waals surface area contributed by atoms with Crippen LogP contribution in [0.1, 0.15) is 31.3 Å². The minimum atomic E-state index is 0.402. The number of aromatic nitrogens is 2. The van der Waals surface area contributed by atoms with Crippen molar-refractivity contribution in [2.45, 2.75) is 26.3 Å². The van der Waals surface area contributed by atoms with Crippen LogP contribution in [0.15, 0.2) is 22.8 Å². The molecule has 0 bridgehead atoms. The monoisotopic (exact) mass is 267 g/mol. The molecule has 0 radical (unpaired) electrons.